The van der Waals surface area contributed by atoms with Crippen molar-refractivity contribution in [1.82, 2.24) is 10.2 Å². The summed E-state index contributed by atoms with van der Waals surface area (Å²) in [4.78, 5) is 14.5. The smallest absolute Gasteiger partial charge is 0.410 e. The van der Waals surface area contributed by atoms with Gasteiger partial charge in [-0.2, -0.15) is 0 Å². The second-order valence-corrected chi connectivity index (χ2v) is 10.4. The Balaban J connectivity index is 1.71. The minimum absolute atomic E-state index is 0.0366. The van der Waals surface area contributed by atoms with Gasteiger partial charge in [0.15, 0.2) is 9.84 Å². The number of nitrogens with one attached hydrogen (secondary N) is 1. The van der Waals surface area contributed by atoms with E-state index in [2.05, 4.69) is 5.32 Å². The molecule has 0 unspecified atom stereocenters. The number of hydrogen-bond donors (Lipinski definition) is 1. The Labute approximate surface area is 155 Å². The fraction of sp³-hybridized carbons (Fsp3) is 0.632. The Bertz CT molecular complexity index is 731. The van der Waals surface area contributed by atoms with Crippen molar-refractivity contribution in [3.63, 3.8) is 0 Å². The average molecular weight is 381 g/mol. The maximum Gasteiger partial charge on any atom is 0.410 e. The SMILES string of the molecule is CC(C)(C)OC(=O)N1CC[C@@H](NC2CS(=O)(=O)C2)C[C@H]1c1ccccc1. The summed E-state index contributed by atoms with van der Waals surface area (Å²) in [5.74, 6) is 0.435. The third kappa shape index (κ3) is 4.76. The number of sulfone groups is 1. The first kappa shape index (κ1) is 19.2. The Morgan fingerprint density at radius 2 is 1.81 bits per heavy atom. The molecule has 6 nitrogen and oxygen atoms in total. The van der Waals surface area contributed by atoms with Crippen LogP contribution in [-0.2, 0) is 14.6 Å². The van der Waals surface area contributed by atoms with Crippen LogP contribution in [0.5, 0.6) is 0 Å². The molecular weight excluding hydrogens is 352 g/mol. The summed E-state index contributed by atoms with van der Waals surface area (Å²) in [7, 11) is -2.84. The molecule has 0 spiro atoms. The molecule has 2 aliphatic rings. The minimum atomic E-state index is -2.84. The van der Waals surface area contributed by atoms with Crippen molar-refractivity contribution >= 4 is 15.9 Å². The van der Waals surface area contributed by atoms with Crippen LogP contribution in [-0.4, -0.2) is 55.1 Å². The van der Waals surface area contributed by atoms with Crippen LogP contribution in [0.4, 0.5) is 4.79 Å². The van der Waals surface area contributed by atoms with E-state index >= 15 is 0 Å². The highest BCUT2D eigenvalue weighted by Gasteiger charge is 2.39. The number of rotatable bonds is 3. The van der Waals surface area contributed by atoms with E-state index in [1.165, 1.54) is 0 Å². The molecule has 7 heteroatoms. The summed E-state index contributed by atoms with van der Waals surface area (Å²) in [5.41, 5.74) is 0.541. The van der Waals surface area contributed by atoms with E-state index in [1.807, 2.05) is 51.1 Å². The van der Waals surface area contributed by atoms with Gasteiger partial charge in [-0.05, 0) is 39.2 Å². The van der Waals surface area contributed by atoms with Crippen LogP contribution in [0, 0.1) is 0 Å². The lowest BCUT2D eigenvalue weighted by molar-refractivity contribution is 0.00631. The fourth-order valence-corrected chi connectivity index (χ4v) is 4.96. The maximum absolute atomic E-state index is 12.7. The fourth-order valence-electron chi connectivity index (χ4n) is 3.64. The summed E-state index contributed by atoms with van der Waals surface area (Å²) >= 11 is 0. The second-order valence-electron chi connectivity index (χ2n) is 8.26. The minimum Gasteiger partial charge on any atom is -0.444 e. The standard InChI is InChI=1S/C19H28N2O4S/c1-19(2,3)25-18(22)21-10-9-15(20-16-12-26(23,24)13-16)11-17(21)14-7-5-4-6-8-14/h4-8,15-17,20H,9-13H2,1-3H3/t15-,17+/m1/s1. The van der Waals surface area contributed by atoms with Crippen LogP contribution in [0.25, 0.3) is 0 Å². The first-order chi connectivity index (χ1) is 12.1. The highest BCUT2D eigenvalue weighted by Crippen LogP contribution is 2.33. The summed E-state index contributed by atoms with van der Waals surface area (Å²) in [5, 5.41) is 3.46. The van der Waals surface area contributed by atoms with E-state index in [9.17, 15) is 13.2 Å². The van der Waals surface area contributed by atoms with Crippen LogP contribution in [0.15, 0.2) is 30.3 Å². The molecule has 144 valence electrons. The number of amides is 1. The van der Waals surface area contributed by atoms with Gasteiger partial charge >= 0.3 is 6.09 Å². The van der Waals surface area contributed by atoms with Gasteiger partial charge in [0.25, 0.3) is 0 Å². The number of nitrogens with zero attached hydrogens (tertiary/aromatic N) is 1. The van der Waals surface area contributed by atoms with Crippen LogP contribution in [0.2, 0.25) is 0 Å². The van der Waals surface area contributed by atoms with Crippen molar-refractivity contribution in [3.8, 4) is 0 Å². The normalized spacial score (nSPS) is 26.2. The topological polar surface area (TPSA) is 75.7 Å². The zero-order valence-corrected chi connectivity index (χ0v) is 16.5. The molecule has 3 rings (SSSR count). The largest absolute Gasteiger partial charge is 0.444 e. The first-order valence-electron chi connectivity index (χ1n) is 9.14. The zero-order valence-electron chi connectivity index (χ0n) is 15.6. The zero-order chi connectivity index (χ0) is 18.9. The molecule has 2 atom stereocenters. The quantitative estimate of drug-likeness (QED) is 0.872. The van der Waals surface area contributed by atoms with Crippen LogP contribution >= 0.6 is 0 Å². The molecule has 1 aromatic carbocycles. The molecule has 1 aromatic rings. The Morgan fingerprint density at radius 1 is 1.15 bits per heavy atom. The number of likely N-dealkylation sites (tertiary alicyclic amines) is 1. The molecule has 0 aromatic heterocycles. The van der Waals surface area contributed by atoms with Crippen molar-refractivity contribution in [2.75, 3.05) is 18.1 Å². The second kappa shape index (κ2) is 7.19. The van der Waals surface area contributed by atoms with Crippen LogP contribution in [0.3, 0.4) is 0 Å². The highest BCUT2D eigenvalue weighted by molar-refractivity contribution is 7.92. The van der Waals surface area contributed by atoms with Gasteiger partial charge in [-0.25, -0.2) is 13.2 Å². The van der Waals surface area contributed by atoms with Gasteiger partial charge in [0.05, 0.1) is 17.5 Å². The number of ether oxygens (including phenoxy) is 1. The Hall–Kier alpha value is -1.60. The van der Waals surface area contributed by atoms with E-state index in [4.69, 9.17) is 4.74 Å². The van der Waals surface area contributed by atoms with E-state index in [0.717, 1.165) is 18.4 Å². The molecule has 0 saturated carbocycles. The van der Waals surface area contributed by atoms with Crippen molar-refractivity contribution in [3.05, 3.63) is 35.9 Å². The summed E-state index contributed by atoms with van der Waals surface area (Å²) in [6.07, 6.45) is 1.25. The highest BCUT2D eigenvalue weighted by atomic mass is 32.2. The van der Waals surface area contributed by atoms with E-state index < -0.39 is 15.4 Å². The molecular formula is C19H28N2O4S. The first-order valence-corrected chi connectivity index (χ1v) is 11.0. The molecule has 2 aliphatic heterocycles. The van der Waals surface area contributed by atoms with Crippen LogP contribution in [0.1, 0.15) is 45.2 Å². The van der Waals surface area contributed by atoms with Crippen molar-refractivity contribution in [2.45, 2.75) is 57.3 Å². The molecule has 2 fully saturated rings. The number of piperidine rings is 1. The maximum atomic E-state index is 12.7. The molecule has 0 bridgehead atoms. The lowest BCUT2D eigenvalue weighted by Gasteiger charge is -2.42. The Kier molecular flexibility index (Phi) is 5.30. The summed E-state index contributed by atoms with van der Waals surface area (Å²) < 4.78 is 28.4. The molecule has 1 N–H and O–H groups in total. The molecule has 2 saturated heterocycles. The van der Waals surface area contributed by atoms with E-state index in [0.29, 0.717) is 6.54 Å². The predicted molar refractivity (Wildman–Crippen MR) is 101 cm³/mol. The van der Waals surface area contributed by atoms with E-state index in [1.54, 1.807) is 4.90 Å². The predicted octanol–water partition coefficient (Wildman–Crippen LogP) is 2.51. The molecule has 26 heavy (non-hydrogen) atoms. The third-order valence-corrected chi connectivity index (χ3v) is 6.62. The van der Waals surface area contributed by atoms with Crippen molar-refractivity contribution < 1.29 is 17.9 Å². The molecule has 2 heterocycles. The van der Waals surface area contributed by atoms with Gasteiger partial charge < -0.3 is 15.0 Å². The monoisotopic (exact) mass is 380 g/mol. The summed E-state index contributed by atoms with van der Waals surface area (Å²) in [6, 6.07) is 10.1. The molecule has 0 radical (unpaired) electrons. The molecule has 0 aliphatic carbocycles. The number of carbonyl (C=O) groups is 1. The number of carbonyl (C=O) groups excluding carboxylic acids is 1. The lowest BCUT2D eigenvalue weighted by atomic mass is 9.91. The Morgan fingerprint density at radius 3 is 2.38 bits per heavy atom. The van der Waals surface area contributed by atoms with Gasteiger partial charge in [0.2, 0.25) is 0 Å². The van der Waals surface area contributed by atoms with Crippen molar-refractivity contribution in [1.29, 1.82) is 0 Å². The van der Waals surface area contributed by atoms with Gasteiger partial charge in [0.1, 0.15) is 5.60 Å². The number of hydrogen-bond acceptors (Lipinski definition) is 5. The lowest BCUT2D eigenvalue weighted by Crippen LogP contribution is -2.57. The third-order valence-electron chi connectivity index (χ3n) is 4.80. The molecule has 1 amide bonds. The van der Waals surface area contributed by atoms with Crippen LogP contribution < -0.4 is 5.32 Å². The van der Waals surface area contributed by atoms with Crippen molar-refractivity contribution in [2.24, 2.45) is 0 Å². The number of benzene rings is 1. The summed E-state index contributed by atoms with van der Waals surface area (Å²) in [6.45, 7) is 6.20. The van der Waals surface area contributed by atoms with E-state index in [-0.39, 0.29) is 35.7 Å². The average Bonchev–Trinajstić information content (AvgIpc) is 2.52. The van der Waals surface area contributed by atoms with Gasteiger partial charge in [-0.1, -0.05) is 30.3 Å². The van der Waals surface area contributed by atoms with Gasteiger partial charge in [-0.3, -0.25) is 0 Å². The van der Waals surface area contributed by atoms with Gasteiger partial charge in [-0.15, -0.1) is 0 Å². The van der Waals surface area contributed by atoms with Gasteiger partial charge in [0, 0.05) is 18.6 Å².